The molecule has 1 aromatic carbocycles. The van der Waals surface area contributed by atoms with E-state index in [2.05, 4.69) is 0 Å². The molecule has 1 rings (SSSR count). The van der Waals surface area contributed by atoms with Crippen LogP contribution in [-0.2, 0) is 0 Å². The van der Waals surface area contributed by atoms with Crippen LogP contribution in [0.1, 0.15) is 12.5 Å². The number of benzene rings is 1. The molecule has 0 bridgehead atoms. The van der Waals surface area contributed by atoms with Gasteiger partial charge in [-0.15, -0.1) is 0 Å². The van der Waals surface area contributed by atoms with Crippen LogP contribution in [0.15, 0.2) is 30.3 Å². The van der Waals surface area contributed by atoms with Crippen LogP contribution < -0.4 is 0 Å². The predicted molar refractivity (Wildman–Crippen MR) is 64.4 cm³/mol. The molecule has 0 amide bonds. The van der Waals surface area contributed by atoms with Crippen LogP contribution in [0.3, 0.4) is 0 Å². The molecule has 0 saturated carbocycles. The van der Waals surface area contributed by atoms with Crippen LogP contribution in [0.5, 0.6) is 0 Å². The number of nitriles is 2. The summed E-state index contributed by atoms with van der Waals surface area (Å²) >= 11 is 5.97. The van der Waals surface area contributed by atoms with Gasteiger partial charge in [-0.2, -0.15) is 10.5 Å². The van der Waals surface area contributed by atoms with Crippen LogP contribution in [0, 0.1) is 34.5 Å². The van der Waals surface area contributed by atoms with E-state index >= 15 is 0 Å². The topological polar surface area (TPSA) is 47.6 Å². The van der Waals surface area contributed by atoms with Crippen molar-refractivity contribution < 1.29 is 0 Å². The number of hydrogen-bond acceptors (Lipinski definition) is 2. The molecular weight excluding hydrogens is 220 g/mol. The van der Waals surface area contributed by atoms with Gasteiger partial charge in [0.1, 0.15) is 5.92 Å². The number of hydrogen-bond donors (Lipinski definition) is 0. The molecule has 0 heterocycles. The first-order valence-corrected chi connectivity index (χ1v) is 5.28. The maximum atomic E-state index is 8.72. The Hall–Kier alpha value is -1.77. The summed E-state index contributed by atoms with van der Waals surface area (Å²) in [6.45, 7) is 1.84. The van der Waals surface area contributed by atoms with Crippen molar-refractivity contribution in [2.45, 2.75) is 6.92 Å². The molecular formula is C13H11ClN2. The van der Waals surface area contributed by atoms with Gasteiger partial charge in [0.05, 0.1) is 12.1 Å². The van der Waals surface area contributed by atoms with Gasteiger partial charge in [-0.3, -0.25) is 0 Å². The van der Waals surface area contributed by atoms with Gasteiger partial charge in [-0.25, -0.2) is 0 Å². The molecule has 0 radical (unpaired) electrons. The Labute approximate surface area is 100 Å². The third kappa shape index (κ3) is 3.12. The molecule has 0 spiro atoms. The Balaban J connectivity index is 2.80. The lowest BCUT2D eigenvalue weighted by Crippen LogP contribution is -2.03. The molecule has 3 heteroatoms. The van der Waals surface area contributed by atoms with E-state index in [4.69, 9.17) is 22.1 Å². The fourth-order valence-electron chi connectivity index (χ4n) is 1.24. The highest BCUT2D eigenvalue weighted by Crippen LogP contribution is 2.19. The first-order chi connectivity index (χ1) is 7.69. The highest BCUT2D eigenvalue weighted by atomic mass is 35.5. The Bertz CT molecular complexity index is 452. The van der Waals surface area contributed by atoms with Crippen LogP contribution in [-0.4, -0.2) is 0 Å². The molecule has 0 aromatic heterocycles. The van der Waals surface area contributed by atoms with Crippen LogP contribution in [0.25, 0.3) is 6.08 Å². The van der Waals surface area contributed by atoms with E-state index in [0.29, 0.717) is 5.02 Å². The lowest BCUT2D eigenvalue weighted by Gasteiger charge is -2.05. The fraction of sp³-hybridized carbons (Fsp3) is 0.231. The third-order valence-corrected chi connectivity index (χ3v) is 2.63. The molecule has 80 valence electrons. The largest absolute Gasteiger partial charge is 0.197 e. The van der Waals surface area contributed by atoms with Crippen LogP contribution in [0.2, 0.25) is 5.02 Å². The maximum Gasteiger partial charge on any atom is 0.139 e. The summed E-state index contributed by atoms with van der Waals surface area (Å²) in [6, 6.07) is 11.4. The fourth-order valence-corrected chi connectivity index (χ4v) is 1.44. The average Bonchev–Trinajstić information content (AvgIpc) is 2.29. The normalized spacial score (nSPS) is 12.3. The van der Waals surface area contributed by atoms with Gasteiger partial charge in [0, 0.05) is 10.9 Å². The van der Waals surface area contributed by atoms with E-state index < -0.39 is 5.92 Å². The third-order valence-electron chi connectivity index (χ3n) is 2.29. The maximum absolute atomic E-state index is 8.72. The quantitative estimate of drug-likeness (QED) is 0.796. The molecule has 0 aliphatic rings. The average molecular weight is 231 g/mol. The van der Waals surface area contributed by atoms with Crippen molar-refractivity contribution in [3.05, 3.63) is 40.9 Å². The summed E-state index contributed by atoms with van der Waals surface area (Å²) in [6.07, 6.45) is 3.67. The number of nitrogens with zero attached hydrogens (tertiary/aromatic N) is 2. The van der Waals surface area contributed by atoms with Crippen molar-refractivity contribution in [2.24, 2.45) is 11.8 Å². The van der Waals surface area contributed by atoms with Gasteiger partial charge < -0.3 is 0 Å². The zero-order chi connectivity index (χ0) is 12.0. The summed E-state index contributed by atoms with van der Waals surface area (Å²) < 4.78 is 0. The molecule has 0 saturated heterocycles. The minimum atomic E-state index is -0.612. The predicted octanol–water partition coefficient (Wildman–Crippen LogP) is 3.65. The molecule has 2 nitrogen and oxygen atoms in total. The number of rotatable bonds is 3. The highest BCUT2D eigenvalue weighted by Gasteiger charge is 2.12. The van der Waals surface area contributed by atoms with Crippen molar-refractivity contribution >= 4 is 17.7 Å². The zero-order valence-corrected chi connectivity index (χ0v) is 9.65. The molecule has 0 unspecified atom stereocenters. The lowest BCUT2D eigenvalue weighted by atomic mass is 9.96. The van der Waals surface area contributed by atoms with Gasteiger partial charge in [-0.1, -0.05) is 48.9 Å². The van der Waals surface area contributed by atoms with Crippen molar-refractivity contribution in [3.8, 4) is 12.1 Å². The van der Waals surface area contributed by atoms with Crippen LogP contribution >= 0.6 is 11.6 Å². The minimum Gasteiger partial charge on any atom is -0.197 e. The Morgan fingerprint density at radius 2 is 1.88 bits per heavy atom. The molecule has 1 atom stereocenters. The van der Waals surface area contributed by atoms with Gasteiger partial charge >= 0.3 is 0 Å². The van der Waals surface area contributed by atoms with E-state index in [-0.39, 0.29) is 5.92 Å². The first-order valence-electron chi connectivity index (χ1n) is 4.91. The molecule has 16 heavy (non-hydrogen) atoms. The van der Waals surface area contributed by atoms with Gasteiger partial charge in [-0.05, 0) is 11.6 Å². The second-order valence-electron chi connectivity index (χ2n) is 3.48. The van der Waals surface area contributed by atoms with Crippen molar-refractivity contribution in [3.63, 3.8) is 0 Å². The van der Waals surface area contributed by atoms with E-state index in [1.807, 2.05) is 49.4 Å². The molecule has 1 aromatic rings. The molecule has 0 aliphatic carbocycles. The first kappa shape index (κ1) is 12.3. The smallest absolute Gasteiger partial charge is 0.139 e. The van der Waals surface area contributed by atoms with Gasteiger partial charge in [0.15, 0.2) is 0 Å². The summed E-state index contributed by atoms with van der Waals surface area (Å²) in [5, 5.41) is 18.1. The second-order valence-corrected chi connectivity index (χ2v) is 3.88. The summed E-state index contributed by atoms with van der Waals surface area (Å²) in [7, 11) is 0. The molecule has 0 fully saturated rings. The number of allylic oxidation sites excluding steroid dienone is 1. The van der Waals surface area contributed by atoms with Gasteiger partial charge in [0.25, 0.3) is 0 Å². The second kappa shape index (κ2) is 5.95. The SMILES string of the molecule is C[C@@H](/C=C/c1ccccc1Cl)C(C#N)C#N. The minimum absolute atomic E-state index is 0.105. The Kier molecular flexibility index (Phi) is 4.58. The Morgan fingerprint density at radius 3 is 2.44 bits per heavy atom. The van der Waals surface area contributed by atoms with E-state index in [0.717, 1.165) is 5.56 Å². The van der Waals surface area contributed by atoms with Crippen molar-refractivity contribution in [1.82, 2.24) is 0 Å². The highest BCUT2D eigenvalue weighted by molar-refractivity contribution is 6.32. The van der Waals surface area contributed by atoms with Gasteiger partial charge in [0.2, 0.25) is 0 Å². The van der Waals surface area contributed by atoms with Crippen molar-refractivity contribution in [1.29, 1.82) is 10.5 Å². The van der Waals surface area contributed by atoms with Crippen LogP contribution in [0.4, 0.5) is 0 Å². The molecule has 0 aliphatic heterocycles. The van der Waals surface area contributed by atoms with Crippen molar-refractivity contribution in [2.75, 3.05) is 0 Å². The molecule has 0 N–H and O–H groups in total. The number of halogens is 1. The monoisotopic (exact) mass is 230 g/mol. The summed E-state index contributed by atoms with van der Waals surface area (Å²) in [5.74, 6) is -0.718. The zero-order valence-electron chi connectivity index (χ0n) is 8.89. The van der Waals surface area contributed by atoms with E-state index in [1.165, 1.54) is 0 Å². The summed E-state index contributed by atoms with van der Waals surface area (Å²) in [5.41, 5.74) is 0.894. The van der Waals surface area contributed by atoms with E-state index in [9.17, 15) is 0 Å². The van der Waals surface area contributed by atoms with E-state index in [1.54, 1.807) is 6.07 Å². The standard InChI is InChI=1S/C13H11ClN2/c1-10(12(8-15)9-16)6-7-11-4-2-3-5-13(11)14/h2-7,10,12H,1H3/b7-6+/t10-/m0/s1. The lowest BCUT2D eigenvalue weighted by molar-refractivity contribution is 0.637. The summed E-state index contributed by atoms with van der Waals surface area (Å²) in [4.78, 5) is 0. The Morgan fingerprint density at radius 1 is 1.25 bits per heavy atom.